The maximum absolute atomic E-state index is 14.8. The van der Waals surface area contributed by atoms with Gasteiger partial charge in [-0.1, -0.05) is 66.7 Å². The average molecular weight is 602 g/mol. The van der Waals surface area contributed by atoms with E-state index >= 15 is 0 Å². The summed E-state index contributed by atoms with van der Waals surface area (Å²) in [6.45, 7) is 3.04. The molecule has 0 spiro atoms. The second-order valence-electron chi connectivity index (χ2n) is 9.91. The van der Waals surface area contributed by atoms with Crippen LogP contribution in [0.1, 0.15) is 42.2 Å². The van der Waals surface area contributed by atoms with Crippen LogP contribution < -0.4 is 9.47 Å². The zero-order valence-electron chi connectivity index (χ0n) is 24.7. The molecule has 0 aromatic heterocycles. The summed E-state index contributed by atoms with van der Waals surface area (Å²) in [5.41, 5.74) is 2.70. The fourth-order valence-corrected chi connectivity index (χ4v) is 4.90. The second-order valence-corrected chi connectivity index (χ2v) is 9.91. The predicted octanol–water partition coefficient (Wildman–Crippen LogP) is 6.54. The Labute approximate surface area is 255 Å². The van der Waals surface area contributed by atoms with E-state index < -0.39 is 41.4 Å². The van der Waals surface area contributed by atoms with Crippen LogP contribution in [-0.4, -0.2) is 36.5 Å². The van der Waals surface area contributed by atoms with Crippen LogP contribution in [-0.2, 0) is 38.6 Å². The van der Waals surface area contributed by atoms with E-state index in [9.17, 15) is 18.4 Å². The molecular formula is C35H33F2NO6. The summed E-state index contributed by atoms with van der Waals surface area (Å²) in [6.07, 6.45) is 4.67. The van der Waals surface area contributed by atoms with Crippen molar-refractivity contribution in [1.29, 1.82) is 0 Å². The van der Waals surface area contributed by atoms with Gasteiger partial charge in [0.1, 0.15) is 12.6 Å². The first-order chi connectivity index (χ1) is 21.3. The van der Waals surface area contributed by atoms with E-state index in [1.165, 1.54) is 12.0 Å². The van der Waals surface area contributed by atoms with Crippen molar-refractivity contribution in [3.63, 3.8) is 0 Å². The number of terminal acetylenes is 1. The Morgan fingerprint density at radius 3 is 2.36 bits per heavy atom. The molecule has 4 rings (SSSR count). The Bertz CT molecular complexity index is 1580. The molecule has 1 amide bonds. The van der Waals surface area contributed by atoms with E-state index in [1.807, 2.05) is 30.3 Å². The molecule has 3 aromatic carbocycles. The van der Waals surface area contributed by atoms with Gasteiger partial charge in [0.25, 0.3) is 5.91 Å². The maximum atomic E-state index is 14.8. The maximum Gasteiger partial charge on any atom is 0.329 e. The molecule has 1 heterocycles. The number of nitrogens with zero attached hydrogens (tertiary/aromatic N) is 1. The highest BCUT2D eigenvalue weighted by molar-refractivity contribution is 5.89. The zero-order chi connectivity index (χ0) is 31.6. The summed E-state index contributed by atoms with van der Waals surface area (Å²) in [6, 6.07) is 20.4. The molecule has 9 heteroatoms. The van der Waals surface area contributed by atoms with Gasteiger partial charge >= 0.3 is 5.97 Å². The van der Waals surface area contributed by atoms with Gasteiger partial charge < -0.3 is 23.8 Å². The molecule has 7 nitrogen and oxygen atoms in total. The van der Waals surface area contributed by atoms with Gasteiger partial charge in [0.05, 0.1) is 19.5 Å². The van der Waals surface area contributed by atoms with Crippen molar-refractivity contribution >= 4 is 11.9 Å². The van der Waals surface area contributed by atoms with Gasteiger partial charge in [0.15, 0.2) is 17.3 Å². The topological polar surface area (TPSA) is 74.3 Å². The molecule has 44 heavy (non-hydrogen) atoms. The second kappa shape index (κ2) is 14.9. The lowest BCUT2D eigenvalue weighted by atomic mass is 9.91. The van der Waals surface area contributed by atoms with Crippen LogP contribution in [0.15, 0.2) is 96.3 Å². The van der Waals surface area contributed by atoms with E-state index in [1.54, 1.807) is 49.4 Å². The number of rotatable bonds is 11. The van der Waals surface area contributed by atoms with E-state index in [2.05, 4.69) is 5.92 Å². The highest BCUT2D eigenvalue weighted by Crippen LogP contribution is 2.40. The first-order valence-electron chi connectivity index (χ1n) is 14.0. The molecule has 0 aliphatic carbocycles. The number of carbonyl (C=O) groups is 2. The van der Waals surface area contributed by atoms with Crippen LogP contribution in [0.2, 0.25) is 0 Å². The number of fused-ring (bicyclic) bond motifs is 1. The Kier molecular flexibility index (Phi) is 10.8. The third-order valence-electron chi connectivity index (χ3n) is 6.96. The molecule has 0 saturated heterocycles. The summed E-state index contributed by atoms with van der Waals surface area (Å²) >= 11 is 0. The molecule has 1 aliphatic rings. The first-order valence-corrected chi connectivity index (χ1v) is 14.0. The number of methoxy groups -OCH3 is 1. The number of ether oxygens (including phenoxy) is 4. The Morgan fingerprint density at radius 1 is 1.07 bits per heavy atom. The van der Waals surface area contributed by atoms with E-state index in [0.29, 0.717) is 34.3 Å². The van der Waals surface area contributed by atoms with Gasteiger partial charge in [-0.25, -0.2) is 13.6 Å². The number of benzene rings is 3. The molecule has 1 aliphatic heterocycles. The first kappa shape index (κ1) is 31.8. The van der Waals surface area contributed by atoms with Crippen LogP contribution in [0.5, 0.6) is 11.5 Å². The highest BCUT2D eigenvalue weighted by atomic mass is 19.1. The Morgan fingerprint density at radius 2 is 1.75 bits per heavy atom. The molecule has 0 bridgehead atoms. The lowest BCUT2D eigenvalue weighted by Gasteiger charge is -2.38. The molecular weight excluding hydrogens is 568 g/mol. The van der Waals surface area contributed by atoms with Gasteiger partial charge in [0.2, 0.25) is 11.9 Å². The van der Waals surface area contributed by atoms with Crippen molar-refractivity contribution < 1.29 is 37.3 Å². The lowest BCUT2D eigenvalue weighted by Crippen LogP contribution is -2.51. The van der Waals surface area contributed by atoms with Gasteiger partial charge in [-0.2, -0.15) is 0 Å². The van der Waals surface area contributed by atoms with E-state index in [0.717, 1.165) is 12.5 Å². The smallest absolute Gasteiger partial charge is 0.329 e. The summed E-state index contributed by atoms with van der Waals surface area (Å²) in [7, 11) is 1.52. The predicted molar refractivity (Wildman–Crippen MR) is 161 cm³/mol. The van der Waals surface area contributed by atoms with Crippen LogP contribution in [0.25, 0.3) is 0 Å². The Balaban J connectivity index is 1.76. The average Bonchev–Trinajstić information content (AvgIpc) is 3.03. The van der Waals surface area contributed by atoms with Crippen LogP contribution >= 0.6 is 0 Å². The third kappa shape index (κ3) is 7.45. The number of allylic oxidation sites excluding steroid dienone is 4. The fourth-order valence-electron chi connectivity index (χ4n) is 4.90. The summed E-state index contributed by atoms with van der Waals surface area (Å²) in [4.78, 5) is 29.0. The molecule has 0 saturated carbocycles. The monoisotopic (exact) mass is 601 g/mol. The molecule has 2 atom stereocenters. The van der Waals surface area contributed by atoms with Crippen LogP contribution in [0.3, 0.4) is 0 Å². The molecule has 3 aromatic rings. The van der Waals surface area contributed by atoms with Crippen molar-refractivity contribution in [3.05, 3.63) is 119 Å². The van der Waals surface area contributed by atoms with Crippen molar-refractivity contribution in [2.75, 3.05) is 13.7 Å². The molecule has 0 radical (unpaired) electrons. The van der Waals surface area contributed by atoms with Crippen LogP contribution in [0.4, 0.5) is 8.78 Å². The summed E-state index contributed by atoms with van der Waals surface area (Å²) < 4.78 is 51.2. The third-order valence-corrected chi connectivity index (χ3v) is 6.96. The quantitative estimate of drug-likeness (QED) is 0.108. The molecule has 0 N–H and O–H groups in total. The Hall–Kier alpha value is -5.10. The largest absolute Gasteiger partial charge is 0.493 e. The van der Waals surface area contributed by atoms with Crippen molar-refractivity contribution in [2.24, 2.45) is 0 Å². The van der Waals surface area contributed by atoms with Crippen molar-refractivity contribution in [1.82, 2.24) is 4.90 Å². The summed E-state index contributed by atoms with van der Waals surface area (Å²) in [5, 5.41) is 0. The van der Waals surface area contributed by atoms with Gasteiger partial charge in [-0.3, -0.25) is 4.79 Å². The fraction of sp³-hybridized carbons (Fsp3) is 0.257. The minimum Gasteiger partial charge on any atom is -0.493 e. The normalized spacial score (nSPS) is 15.7. The number of esters is 1. The number of amides is 1. The zero-order valence-corrected chi connectivity index (χ0v) is 24.7. The molecule has 0 fully saturated rings. The number of carbonyl (C=O) groups excluding carboxylic acids is 2. The number of hydrogen-bond donors (Lipinski definition) is 0. The van der Waals surface area contributed by atoms with Gasteiger partial charge in [0, 0.05) is 30.2 Å². The molecule has 228 valence electrons. The molecule has 2 unspecified atom stereocenters. The number of hydrogen-bond acceptors (Lipinski definition) is 6. The standard InChI is InChI=1S/C35H33F2NO6/c1-5-30(28(37)19-23(3)36)44-32(25-15-11-8-12-16-25)34(39)38-21-26-17-18-31(41-4)33(43-22-24-13-9-7-10-14-24)27(26)20-29(38)35(40)42-6-2/h1,7-19,29,32H,6,20-22H2,2-4H3/b23-19+,30-28-. The SMILES string of the molecule is C#C/C(OC(C(=O)N1Cc2ccc(OC)c(OCc3ccccc3)c2CC1C(=O)OCC)c1ccccc1)=C(F)\C=C(/C)F. The van der Waals surface area contributed by atoms with Crippen LogP contribution in [0, 0.1) is 12.3 Å². The van der Waals surface area contributed by atoms with Gasteiger partial charge in [-0.05, 0) is 37.0 Å². The van der Waals surface area contributed by atoms with E-state index in [4.69, 9.17) is 25.4 Å². The van der Waals surface area contributed by atoms with E-state index in [-0.39, 0.29) is 26.2 Å². The highest BCUT2D eigenvalue weighted by Gasteiger charge is 2.41. The minimum absolute atomic E-state index is 0.0168. The summed E-state index contributed by atoms with van der Waals surface area (Å²) in [5.74, 6) is -0.950. The number of halogens is 2. The van der Waals surface area contributed by atoms with Crippen molar-refractivity contribution in [3.8, 4) is 23.8 Å². The minimum atomic E-state index is -1.45. The lowest BCUT2D eigenvalue weighted by molar-refractivity contribution is -0.160. The van der Waals surface area contributed by atoms with Crippen molar-refractivity contribution in [2.45, 2.75) is 45.6 Å². The van der Waals surface area contributed by atoms with Gasteiger partial charge in [-0.15, -0.1) is 6.42 Å².